The van der Waals surface area contributed by atoms with Crippen LogP contribution in [0.2, 0.25) is 0 Å². The van der Waals surface area contributed by atoms with Crippen LogP contribution in [-0.2, 0) is 29.6 Å². The number of fused-ring (bicyclic) bond motifs is 3. The van der Waals surface area contributed by atoms with Crippen molar-refractivity contribution in [1.29, 1.82) is 0 Å². The molecule has 182 valence electrons. The molecule has 6 rings (SSSR count). The third-order valence-electron chi connectivity index (χ3n) is 8.06. The Balaban J connectivity index is 1.08. The van der Waals surface area contributed by atoms with E-state index in [0.717, 1.165) is 44.6 Å². The number of piperazine rings is 1. The number of carbonyl (C=O) groups is 2. The van der Waals surface area contributed by atoms with Gasteiger partial charge in [0.05, 0.1) is 6.04 Å². The number of aryl methyl sites for hydroxylation is 1. The van der Waals surface area contributed by atoms with Gasteiger partial charge in [-0.25, -0.2) is 0 Å². The fraction of sp³-hybridized carbons (Fsp3) is 0.429. The number of carbonyl (C=O) groups excluding carboxylic acids is 2. The van der Waals surface area contributed by atoms with E-state index in [4.69, 9.17) is 0 Å². The van der Waals surface area contributed by atoms with Crippen LogP contribution in [0.4, 0.5) is 5.69 Å². The van der Waals surface area contributed by atoms with Crippen LogP contribution >= 0.6 is 0 Å². The summed E-state index contributed by atoms with van der Waals surface area (Å²) in [5.41, 5.74) is 4.83. The maximum atomic E-state index is 13.0. The zero-order chi connectivity index (χ0) is 23.9. The van der Waals surface area contributed by atoms with Crippen molar-refractivity contribution in [3.8, 4) is 0 Å². The van der Waals surface area contributed by atoms with E-state index in [0.29, 0.717) is 13.0 Å². The van der Waals surface area contributed by atoms with Crippen LogP contribution in [0.5, 0.6) is 0 Å². The second-order valence-electron chi connectivity index (χ2n) is 10.2. The maximum Gasteiger partial charge on any atom is 0.237 e. The van der Waals surface area contributed by atoms with Crippen LogP contribution in [0.1, 0.15) is 30.4 Å². The number of anilines is 1. The summed E-state index contributed by atoms with van der Waals surface area (Å²) in [4.78, 5) is 30.0. The zero-order valence-corrected chi connectivity index (χ0v) is 20.2. The molecule has 2 aromatic carbocycles. The summed E-state index contributed by atoms with van der Waals surface area (Å²) in [6.45, 7) is 3.02. The van der Waals surface area contributed by atoms with Gasteiger partial charge < -0.3 is 20.1 Å². The minimum Gasteiger partial charge on any atom is -0.353 e. The molecule has 1 aromatic heterocycles. The molecule has 7 heteroatoms. The molecule has 2 saturated heterocycles. The molecule has 0 bridgehead atoms. The molecule has 35 heavy (non-hydrogen) atoms. The van der Waals surface area contributed by atoms with Gasteiger partial charge in [0, 0.05) is 74.5 Å². The van der Waals surface area contributed by atoms with E-state index < -0.39 is 0 Å². The van der Waals surface area contributed by atoms with E-state index in [1.165, 1.54) is 22.0 Å². The van der Waals surface area contributed by atoms with Crippen molar-refractivity contribution >= 4 is 28.4 Å². The third-order valence-corrected chi connectivity index (χ3v) is 8.06. The Bertz CT molecular complexity index is 1270. The molecule has 0 saturated carbocycles. The first-order valence-electron chi connectivity index (χ1n) is 12.8. The molecule has 3 aromatic rings. The number of amides is 2. The number of para-hydroxylation sites is 2. The summed E-state index contributed by atoms with van der Waals surface area (Å²) in [6.07, 6.45) is 5.20. The van der Waals surface area contributed by atoms with Crippen molar-refractivity contribution in [1.82, 2.24) is 20.1 Å². The van der Waals surface area contributed by atoms with Gasteiger partial charge in [-0.1, -0.05) is 36.4 Å². The Labute approximate surface area is 206 Å². The molecule has 7 nitrogen and oxygen atoms in total. The fourth-order valence-electron chi connectivity index (χ4n) is 6.23. The van der Waals surface area contributed by atoms with Crippen LogP contribution in [0.3, 0.4) is 0 Å². The molecule has 3 atom stereocenters. The molecule has 2 N–H and O–H groups in total. The van der Waals surface area contributed by atoms with Gasteiger partial charge in [-0.05, 0) is 42.5 Å². The summed E-state index contributed by atoms with van der Waals surface area (Å²) in [5, 5.41) is 8.08. The van der Waals surface area contributed by atoms with E-state index in [2.05, 4.69) is 63.7 Å². The first-order valence-corrected chi connectivity index (χ1v) is 12.8. The normalized spacial score (nSPS) is 24.0. The number of nitrogens with zero attached hydrogens (tertiary/aromatic N) is 3. The Hall–Kier alpha value is -3.16. The van der Waals surface area contributed by atoms with Crippen molar-refractivity contribution in [2.45, 2.75) is 50.4 Å². The smallest absolute Gasteiger partial charge is 0.237 e. The molecule has 0 radical (unpaired) electrons. The summed E-state index contributed by atoms with van der Waals surface area (Å²) < 4.78 is 2.17. The quantitative estimate of drug-likeness (QED) is 0.580. The Morgan fingerprint density at radius 2 is 1.97 bits per heavy atom. The average molecular weight is 472 g/mol. The van der Waals surface area contributed by atoms with Gasteiger partial charge in [0.2, 0.25) is 11.8 Å². The van der Waals surface area contributed by atoms with E-state index in [9.17, 15) is 9.59 Å². The summed E-state index contributed by atoms with van der Waals surface area (Å²) in [5.74, 6) is 0.309. The van der Waals surface area contributed by atoms with Crippen molar-refractivity contribution < 1.29 is 9.59 Å². The van der Waals surface area contributed by atoms with Crippen LogP contribution in [0.15, 0.2) is 54.7 Å². The maximum absolute atomic E-state index is 13.0. The van der Waals surface area contributed by atoms with Gasteiger partial charge >= 0.3 is 0 Å². The van der Waals surface area contributed by atoms with Gasteiger partial charge in [0.25, 0.3) is 0 Å². The molecule has 0 aliphatic carbocycles. The lowest BCUT2D eigenvalue weighted by Gasteiger charge is -2.37. The van der Waals surface area contributed by atoms with Crippen LogP contribution < -0.4 is 15.5 Å². The molecular weight excluding hydrogens is 438 g/mol. The van der Waals surface area contributed by atoms with E-state index in [1.54, 1.807) is 0 Å². The lowest BCUT2D eigenvalue weighted by atomic mass is 10.0. The second kappa shape index (κ2) is 9.13. The number of aromatic nitrogens is 1. The summed E-state index contributed by atoms with van der Waals surface area (Å²) >= 11 is 0. The van der Waals surface area contributed by atoms with Crippen molar-refractivity contribution in [3.63, 3.8) is 0 Å². The standard InChI is InChI=1S/C28H33N5O2/c1-31-17-20(23-7-3-5-9-25(23)31)15-29-21-14-26-28(35)30-16-22(33(26)18-21)10-11-27(34)32-13-12-19-6-2-4-8-24(19)32/h2-9,17,21-22,26,29H,10-16,18H2,1H3,(H,30,35)/t21-,22+,26-/m0/s1. The molecule has 3 aliphatic heterocycles. The lowest BCUT2D eigenvalue weighted by molar-refractivity contribution is -0.129. The fourth-order valence-corrected chi connectivity index (χ4v) is 6.23. The molecular formula is C28H33N5O2. The van der Waals surface area contributed by atoms with Crippen molar-refractivity contribution in [2.75, 3.05) is 24.5 Å². The largest absolute Gasteiger partial charge is 0.353 e. The third kappa shape index (κ3) is 4.13. The predicted molar refractivity (Wildman–Crippen MR) is 137 cm³/mol. The summed E-state index contributed by atoms with van der Waals surface area (Å²) in [6, 6.07) is 17.0. The minimum atomic E-state index is -0.110. The van der Waals surface area contributed by atoms with Gasteiger partial charge in [0.1, 0.15) is 0 Å². The van der Waals surface area contributed by atoms with Crippen molar-refractivity contribution in [3.05, 3.63) is 65.9 Å². The van der Waals surface area contributed by atoms with Crippen LogP contribution in [0.25, 0.3) is 10.9 Å². The highest BCUT2D eigenvalue weighted by atomic mass is 16.2. The number of hydrogen-bond donors (Lipinski definition) is 2. The van der Waals surface area contributed by atoms with Gasteiger partial charge in [-0.15, -0.1) is 0 Å². The molecule has 0 unspecified atom stereocenters. The topological polar surface area (TPSA) is 69.6 Å². The number of nitrogens with one attached hydrogen (secondary N) is 2. The first kappa shape index (κ1) is 22.3. The van der Waals surface area contributed by atoms with Gasteiger partial charge in [0.15, 0.2) is 0 Å². The molecule has 0 spiro atoms. The zero-order valence-electron chi connectivity index (χ0n) is 20.2. The SMILES string of the molecule is Cn1cc(CN[C@H]2C[C@H]3C(=O)NC[C@@H](CCC(=O)N4CCc5ccccc54)N3C2)c2ccccc21. The van der Waals surface area contributed by atoms with Crippen LogP contribution in [0, 0.1) is 0 Å². The highest BCUT2D eigenvalue weighted by molar-refractivity contribution is 5.95. The minimum absolute atomic E-state index is 0.110. The number of rotatable bonds is 6. The Morgan fingerprint density at radius 1 is 1.14 bits per heavy atom. The Kier molecular flexibility index (Phi) is 5.82. The van der Waals surface area contributed by atoms with Gasteiger partial charge in [-0.2, -0.15) is 0 Å². The lowest BCUT2D eigenvalue weighted by Crippen LogP contribution is -2.58. The van der Waals surface area contributed by atoms with Gasteiger partial charge in [-0.3, -0.25) is 14.5 Å². The summed E-state index contributed by atoms with van der Waals surface area (Å²) in [7, 11) is 2.08. The number of benzene rings is 2. The van der Waals surface area contributed by atoms with E-state index in [1.807, 2.05) is 23.1 Å². The van der Waals surface area contributed by atoms with Crippen LogP contribution in [-0.4, -0.2) is 59.0 Å². The molecule has 4 heterocycles. The molecule has 3 aliphatic rings. The highest BCUT2D eigenvalue weighted by Crippen LogP contribution is 2.30. The second-order valence-corrected chi connectivity index (χ2v) is 10.2. The van der Waals surface area contributed by atoms with Crippen molar-refractivity contribution in [2.24, 2.45) is 7.05 Å². The average Bonchev–Trinajstić information content (AvgIpc) is 3.58. The Morgan fingerprint density at radius 3 is 2.89 bits per heavy atom. The predicted octanol–water partition coefficient (Wildman–Crippen LogP) is 2.58. The van der Waals surface area contributed by atoms with E-state index in [-0.39, 0.29) is 29.9 Å². The monoisotopic (exact) mass is 471 g/mol. The van der Waals surface area contributed by atoms with E-state index >= 15 is 0 Å². The number of hydrogen-bond acceptors (Lipinski definition) is 4. The highest BCUT2D eigenvalue weighted by Gasteiger charge is 2.43. The molecule has 2 amide bonds. The first-order chi connectivity index (χ1) is 17.1. The molecule has 2 fully saturated rings.